The summed E-state index contributed by atoms with van der Waals surface area (Å²) in [6, 6.07) is 0.892. The molecule has 0 bridgehead atoms. The normalized spacial score (nSPS) is 29.0. The van der Waals surface area contributed by atoms with Crippen LogP contribution in [-0.4, -0.2) is 46.8 Å². The second-order valence-electron chi connectivity index (χ2n) is 8.09. The molecule has 3 rings (SSSR count). The second kappa shape index (κ2) is 8.35. The molecule has 2 saturated carbocycles. The smallest absolute Gasteiger partial charge is 0.242 e. The van der Waals surface area contributed by atoms with E-state index < -0.39 is 0 Å². The van der Waals surface area contributed by atoms with E-state index in [0.717, 1.165) is 57.4 Å². The average molecular weight is 335 g/mol. The first-order chi connectivity index (χ1) is 11.7. The van der Waals surface area contributed by atoms with Crippen LogP contribution in [0.3, 0.4) is 0 Å². The molecule has 0 N–H and O–H groups in total. The van der Waals surface area contributed by atoms with Crippen LogP contribution < -0.4 is 0 Å². The van der Waals surface area contributed by atoms with Crippen LogP contribution in [0.4, 0.5) is 0 Å². The molecule has 0 unspecified atom stereocenters. The third-order valence-corrected chi connectivity index (χ3v) is 6.26. The predicted octanol–water partition coefficient (Wildman–Crippen LogP) is 3.74. The summed E-state index contributed by atoms with van der Waals surface area (Å²) in [4.78, 5) is 29.4. The first-order valence-corrected chi connectivity index (χ1v) is 10.3. The van der Waals surface area contributed by atoms with Crippen LogP contribution in [0.2, 0.25) is 0 Å². The van der Waals surface area contributed by atoms with Crippen LogP contribution in [0.5, 0.6) is 0 Å². The van der Waals surface area contributed by atoms with Gasteiger partial charge in [0.25, 0.3) is 0 Å². The molecule has 1 heterocycles. The van der Waals surface area contributed by atoms with Crippen molar-refractivity contribution in [1.82, 2.24) is 9.80 Å². The minimum atomic E-state index is 0.188. The molecule has 0 spiro atoms. The lowest BCUT2D eigenvalue weighted by atomic mass is 9.84. The van der Waals surface area contributed by atoms with Crippen molar-refractivity contribution in [2.45, 2.75) is 96.1 Å². The highest BCUT2D eigenvalue weighted by molar-refractivity contribution is 5.85. The zero-order chi connectivity index (χ0) is 16.9. The number of likely N-dealkylation sites (tertiary alicyclic amines) is 1. The Bertz CT molecular complexity index is 439. The van der Waals surface area contributed by atoms with Crippen molar-refractivity contribution in [3.8, 4) is 0 Å². The number of rotatable bonds is 5. The van der Waals surface area contributed by atoms with Gasteiger partial charge in [-0.05, 0) is 57.3 Å². The van der Waals surface area contributed by atoms with Gasteiger partial charge in [-0.15, -0.1) is 0 Å². The molecule has 4 nitrogen and oxygen atoms in total. The highest BCUT2D eigenvalue weighted by Crippen LogP contribution is 2.36. The van der Waals surface area contributed by atoms with E-state index in [1.54, 1.807) is 0 Å². The Labute approximate surface area is 146 Å². The van der Waals surface area contributed by atoms with E-state index in [-0.39, 0.29) is 11.8 Å². The monoisotopic (exact) mass is 334 g/mol. The summed E-state index contributed by atoms with van der Waals surface area (Å²) in [6.07, 6.45) is 13.4. The van der Waals surface area contributed by atoms with Gasteiger partial charge in [-0.25, -0.2) is 0 Å². The van der Waals surface area contributed by atoms with E-state index in [9.17, 15) is 9.59 Å². The van der Waals surface area contributed by atoms with Crippen LogP contribution in [0.25, 0.3) is 0 Å². The lowest BCUT2D eigenvalue weighted by Crippen LogP contribution is -2.49. The van der Waals surface area contributed by atoms with E-state index >= 15 is 0 Å². The first-order valence-electron chi connectivity index (χ1n) is 10.3. The van der Waals surface area contributed by atoms with Gasteiger partial charge < -0.3 is 9.80 Å². The lowest BCUT2D eigenvalue weighted by molar-refractivity contribution is -0.143. The summed E-state index contributed by atoms with van der Waals surface area (Å²) >= 11 is 0. The van der Waals surface area contributed by atoms with Gasteiger partial charge >= 0.3 is 0 Å². The summed E-state index contributed by atoms with van der Waals surface area (Å²) in [5, 5.41) is 0. The fraction of sp³-hybridized carbons (Fsp3) is 0.900. The highest BCUT2D eigenvalue weighted by atomic mass is 16.2. The van der Waals surface area contributed by atoms with E-state index in [0.29, 0.717) is 25.0 Å². The van der Waals surface area contributed by atoms with Crippen LogP contribution in [0.15, 0.2) is 0 Å². The summed E-state index contributed by atoms with van der Waals surface area (Å²) in [5.74, 6) is 1.26. The predicted molar refractivity (Wildman–Crippen MR) is 95.6 cm³/mol. The summed E-state index contributed by atoms with van der Waals surface area (Å²) in [7, 11) is 0. The fourth-order valence-corrected chi connectivity index (χ4v) is 4.52. The first kappa shape index (κ1) is 17.8. The highest BCUT2D eigenvalue weighted by Gasteiger charge is 2.39. The van der Waals surface area contributed by atoms with Gasteiger partial charge in [-0.3, -0.25) is 9.59 Å². The molecule has 0 radical (unpaired) electrons. The number of carbonyl (C=O) groups is 2. The molecule has 0 aromatic heterocycles. The molecule has 2 amide bonds. The van der Waals surface area contributed by atoms with Crippen molar-refractivity contribution >= 4 is 11.8 Å². The van der Waals surface area contributed by atoms with Gasteiger partial charge in [-0.1, -0.05) is 26.2 Å². The van der Waals surface area contributed by atoms with Crippen molar-refractivity contribution < 1.29 is 9.59 Å². The Balaban J connectivity index is 1.59. The molecule has 3 fully saturated rings. The van der Waals surface area contributed by atoms with E-state index in [1.165, 1.54) is 25.7 Å². The molecule has 0 atom stereocenters. The zero-order valence-electron chi connectivity index (χ0n) is 15.3. The van der Waals surface area contributed by atoms with E-state index in [1.807, 2.05) is 4.90 Å². The third-order valence-electron chi connectivity index (χ3n) is 6.26. The molecule has 1 aliphatic heterocycles. The van der Waals surface area contributed by atoms with Crippen LogP contribution in [-0.2, 0) is 9.59 Å². The Morgan fingerprint density at radius 2 is 1.62 bits per heavy atom. The molecule has 3 aliphatic rings. The third kappa shape index (κ3) is 4.52. The Morgan fingerprint density at radius 1 is 1.00 bits per heavy atom. The van der Waals surface area contributed by atoms with Gasteiger partial charge in [0, 0.05) is 25.0 Å². The number of hydrogen-bond donors (Lipinski definition) is 0. The van der Waals surface area contributed by atoms with E-state index in [4.69, 9.17) is 0 Å². The molecule has 1 saturated heterocycles. The second-order valence-corrected chi connectivity index (χ2v) is 8.09. The van der Waals surface area contributed by atoms with Gasteiger partial charge in [0.1, 0.15) is 0 Å². The maximum absolute atomic E-state index is 13.0. The molecular formula is C20H34N2O2. The lowest BCUT2D eigenvalue weighted by Gasteiger charge is -2.38. The molecule has 2 aliphatic carbocycles. The van der Waals surface area contributed by atoms with Crippen LogP contribution >= 0.6 is 0 Å². The van der Waals surface area contributed by atoms with Crippen molar-refractivity contribution in [2.75, 3.05) is 13.1 Å². The fourth-order valence-electron chi connectivity index (χ4n) is 4.52. The summed E-state index contributed by atoms with van der Waals surface area (Å²) in [5.41, 5.74) is 0. The maximum Gasteiger partial charge on any atom is 0.242 e. The number of amides is 2. The van der Waals surface area contributed by atoms with Gasteiger partial charge in [-0.2, -0.15) is 0 Å². The molecule has 4 heteroatoms. The minimum absolute atomic E-state index is 0.188. The Hall–Kier alpha value is -1.06. The van der Waals surface area contributed by atoms with E-state index in [2.05, 4.69) is 11.8 Å². The van der Waals surface area contributed by atoms with Gasteiger partial charge in [0.05, 0.1) is 6.54 Å². The summed E-state index contributed by atoms with van der Waals surface area (Å²) in [6.45, 7) is 3.37. The summed E-state index contributed by atoms with van der Waals surface area (Å²) < 4.78 is 0. The largest absolute Gasteiger partial charge is 0.335 e. The van der Waals surface area contributed by atoms with Gasteiger partial charge in [0.2, 0.25) is 11.8 Å². The van der Waals surface area contributed by atoms with Crippen LogP contribution in [0.1, 0.15) is 84.0 Å². The molecular weight excluding hydrogens is 300 g/mol. The van der Waals surface area contributed by atoms with Crippen molar-refractivity contribution in [3.63, 3.8) is 0 Å². The topological polar surface area (TPSA) is 40.6 Å². The zero-order valence-corrected chi connectivity index (χ0v) is 15.3. The van der Waals surface area contributed by atoms with Crippen LogP contribution in [0, 0.1) is 5.92 Å². The van der Waals surface area contributed by atoms with Crippen molar-refractivity contribution in [1.29, 1.82) is 0 Å². The molecule has 136 valence electrons. The maximum atomic E-state index is 13.0. The number of hydrogen-bond acceptors (Lipinski definition) is 2. The number of nitrogens with zero attached hydrogens (tertiary/aromatic N) is 2. The Kier molecular flexibility index (Phi) is 6.18. The number of carbonyl (C=O) groups excluding carboxylic acids is 2. The average Bonchev–Trinajstić information content (AvgIpc) is 3.40. The van der Waals surface area contributed by atoms with Crippen molar-refractivity contribution in [3.05, 3.63) is 0 Å². The Morgan fingerprint density at radius 3 is 2.25 bits per heavy atom. The molecule has 0 aromatic rings. The SMILES string of the molecule is CCC1CCC(N(C(=O)CN2CCCCCCC2=O)C2CC2)CC1. The molecule has 0 aromatic carbocycles. The minimum Gasteiger partial charge on any atom is -0.335 e. The van der Waals surface area contributed by atoms with Gasteiger partial charge in [0.15, 0.2) is 0 Å². The van der Waals surface area contributed by atoms with Crippen molar-refractivity contribution in [2.24, 2.45) is 5.92 Å². The standard InChI is InChI=1S/C20H34N2O2/c1-2-16-8-10-17(11-9-16)22(18-12-13-18)20(24)15-21-14-6-4-3-5-7-19(21)23/h16-18H,2-15H2,1H3. The molecule has 24 heavy (non-hydrogen) atoms. The quantitative estimate of drug-likeness (QED) is 0.768.